The van der Waals surface area contributed by atoms with Crippen LogP contribution < -0.4 is 4.74 Å². The van der Waals surface area contributed by atoms with Gasteiger partial charge in [0, 0.05) is 37.4 Å². The molecular weight excluding hydrogens is 1180 g/mol. The van der Waals surface area contributed by atoms with Crippen LogP contribution in [0.1, 0.15) is 62.3 Å². The molecular formula is C75H57N5OPt-2. The van der Waals surface area contributed by atoms with Crippen LogP contribution in [0.3, 0.4) is 0 Å². The molecule has 0 N–H and O–H groups in total. The number of pyridine rings is 1. The van der Waals surface area contributed by atoms with Gasteiger partial charge in [0.25, 0.3) is 0 Å². The number of aryl methyl sites for hydroxylation is 1. The van der Waals surface area contributed by atoms with Crippen LogP contribution in [0.15, 0.2) is 219 Å². The Morgan fingerprint density at radius 2 is 1.04 bits per heavy atom. The van der Waals surface area contributed by atoms with Gasteiger partial charge in [-0.15, -0.1) is 0 Å². The number of para-hydroxylation sites is 4. The second-order valence-corrected chi connectivity index (χ2v) is 24.6. The monoisotopic (exact) mass is 1240 g/mol. The molecule has 0 fully saturated rings. The van der Waals surface area contributed by atoms with Gasteiger partial charge in [-0.1, -0.05) is 81.4 Å². The molecule has 15 aromatic rings. The van der Waals surface area contributed by atoms with Crippen LogP contribution in [0.2, 0.25) is 0 Å². The van der Waals surface area contributed by atoms with E-state index < -0.39 is 6.85 Å². The van der Waals surface area contributed by atoms with Gasteiger partial charge < -0.3 is 4.40 Å². The summed E-state index contributed by atoms with van der Waals surface area (Å²) in [7, 11) is 0. The Morgan fingerprint density at radius 1 is 0.451 bits per heavy atom. The minimum atomic E-state index is -2.46. The third-order valence-corrected chi connectivity index (χ3v) is 17.5. The van der Waals surface area contributed by atoms with E-state index in [1.807, 2.05) is 30.3 Å². The van der Waals surface area contributed by atoms with E-state index in [2.05, 4.69) is 267 Å². The molecule has 400 valence electrons. The van der Waals surface area contributed by atoms with Crippen molar-refractivity contribution in [1.29, 1.82) is 0 Å². The van der Waals surface area contributed by atoms with Crippen LogP contribution in [0.5, 0.6) is 11.5 Å². The molecule has 0 saturated carbocycles. The number of nitrogens with zero attached hydrogens (tertiary/aromatic N) is 5. The smallest absolute Gasteiger partial charge is 0.0579 e. The number of imidazole rings is 1. The molecule has 7 heteroatoms. The number of rotatable bonds is 8. The Hall–Kier alpha value is -9.09. The van der Waals surface area contributed by atoms with E-state index in [4.69, 9.17) is 13.8 Å². The van der Waals surface area contributed by atoms with Crippen LogP contribution >= 0.6 is 0 Å². The minimum absolute atomic E-state index is 0.0646. The van der Waals surface area contributed by atoms with Crippen LogP contribution in [0.4, 0.5) is 0 Å². The molecule has 0 spiro atoms. The van der Waals surface area contributed by atoms with E-state index in [0.29, 0.717) is 28.4 Å². The normalized spacial score (nSPS) is 13.1. The van der Waals surface area contributed by atoms with Crippen molar-refractivity contribution in [2.75, 3.05) is 0 Å². The molecule has 0 amide bonds. The van der Waals surface area contributed by atoms with E-state index in [1.165, 1.54) is 21.9 Å². The molecule has 15 rings (SSSR count). The Labute approximate surface area is 491 Å². The first kappa shape index (κ1) is 46.6. The standard InChI is InChI=1S/C75H57N5O.Pt/c1-47-38-71(76-45-64(47)50-32-34-51(35-33-50)74(2,3)4)79-68-42-55(36-37-57(68)62-43-63-59-28-19-27-58-56-26-14-15-29-65(56)80(73(58)59)70(63)44-69(62)79)81-54-25-18-24-53(41-54)77-46-78(67-31-17-16-30-66(67)77)72-60(48-20-10-8-11-21-48)39-52(75(5,6)7)40-61(72)49-22-12-9-13-23-49;/h8-40,43-45H,1-7H3;/q-2;/i1D3;. The van der Waals surface area contributed by atoms with E-state index in [0.717, 1.165) is 97.7 Å². The average molecular weight is 1240 g/mol. The third kappa shape index (κ3) is 7.94. The molecule has 0 radical (unpaired) electrons. The minimum Gasteiger partial charge on any atom is -0.0579 e. The number of fused-ring (bicyclic) bond motifs is 10. The average Bonchev–Trinajstić information content (AvgIpc) is 1.57. The second-order valence-electron chi connectivity index (χ2n) is 23.6. The number of benzene rings is 10. The first-order chi connectivity index (χ1) is 41.0. The van der Waals surface area contributed by atoms with Gasteiger partial charge in [0.15, 0.2) is 0 Å². The van der Waals surface area contributed by atoms with Crippen molar-refractivity contribution in [1.82, 2.24) is 23.1 Å². The summed E-state index contributed by atoms with van der Waals surface area (Å²) in [5.41, 5.74) is 17.2. The van der Waals surface area contributed by atoms with E-state index in [9.17, 15) is 0 Å². The zero-order valence-electron chi connectivity index (χ0n) is 49.2. The number of hydrogen-bond acceptors (Lipinski definition) is 2. The topological polar surface area (TPSA) is 41.3 Å². The van der Waals surface area contributed by atoms with Gasteiger partial charge in [-0.05, 0) is 35.0 Å². The van der Waals surface area contributed by atoms with Crippen molar-refractivity contribution in [3.63, 3.8) is 0 Å². The van der Waals surface area contributed by atoms with Crippen LogP contribution in [-0.2, 0) is 30.2 Å². The maximum absolute atomic E-state index is 8.97. The Bertz CT molecular complexity index is 5170. The summed E-state index contributed by atoms with van der Waals surface area (Å²) in [6, 6.07) is 81.7. The molecule has 0 saturated heterocycles. The summed E-state index contributed by atoms with van der Waals surface area (Å²) in [6.07, 6.45) is 1.72. The zero-order chi connectivity index (χ0) is 58.3. The first-order valence-electron chi connectivity index (χ1n) is 29.4. The Balaban J connectivity index is 0.906. The molecule has 0 atom stereocenters. The molecule has 5 aromatic heterocycles. The summed E-state index contributed by atoms with van der Waals surface area (Å²) in [5.74, 6) is 1.43. The fraction of sp³-hybridized carbons (Fsp3) is 0.120. The summed E-state index contributed by atoms with van der Waals surface area (Å²) < 4.78 is 43.8. The molecule has 0 aliphatic rings. The molecule has 0 aliphatic heterocycles. The van der Waals surface area contributed by atoms with E-state index in [-0.39, 0.29) is 16.4 Å². The predicted octanol–water partition coefficient (Wildman–Crippen LogP) is 19.4. The second kappa shape index (κ2) is 18.7. The van der Waals surface area contributed by atoms with Crippen LogP contribution in [0, 0.1) is 22.8 Å². The first-order valence-corrected chi connectivity index (χ1v) is 29.0. The van der Waals surface area contributed by atoms with Crippen molar-refractivity contribution in [3.05, 3.63) is 251 Å². The summed E-state index contributed by atoms with van der Waals surface area (Å²) in [5, 5.41) is 6.59. The number of ether oxygens (including phenoxy) is 1. The van der Waals surface area contributed by atoms with Gasteiger partial charge in [-0.25, -0.2) is 0 Å². The summed E-state index contributed by atoms with van der Waals surface area (Å²) in [4.78, 5) is 5.16. The quantitative estimate of drug-likeness (QED) is 0.142. The molecule has 10 aromatic carbocycles. The fourth-order valence-electron chi connectivity index (χ4n) is 12.4. The van der Waals surface area contributed by atoms with Gasteiger partial charge in [0.1, 0.15) is 0 Å². The van der Waals surface area contributed by atoms with Gasteiger partial charge in [-0.3, -0.25) is 0 Å². The van der Waals surface area contributed by atoms with Crippen molar-refractivity contribution in [3.8, 4) is 62.1 Å². The van der Waals surface area contributed by atoms with Crippen molar-refractivity contribution in [2.45, 2.75) is 59.2 Å². The van der Waals surface area contributed by atoms with Crippen molar-refractivity contribution < 1.29 is 28.2 Å². The predicted molar refractivity (Wildman–Crippen MR) is 335 cm³/mol. The molecule has 6 nitrogen and oxygen atoms in total. The molecule has 0 unspecified atom stereocenters. The SMILES string of the molecule is [2H]C([2H])([2H])c1cc(-n2c3[c-]c(Oc4[c-]c(-n5[c](=[Pt])n(-c6c(-c7ccccc7)cc(C(C)(C)C)cc6-c6ccccc6)c6ccccc65)ccc4)ccc3c3cc4c5cccc6c7ccccc7n(c4cc32)c65)ncc1-c1ccc(C(C)(C)C)cc1. The number of aromatic nitrogens is 5. The van der Waals surface area contributed by atoms with Gasteiger partial charge in [-0.2, -0.15) is 0 Å². The van der Waals surface area contributed by atoms with Crippen LogP contribution in [0.25, 0.3) is 122 Å². The molecule has 82 heavy (non-hydrogen) atoms. The Morgan fingerprint density at radius 3 is 1.72 bits per heavy atom. The summed E-state index contributed by atoms with van der Waals surface area (Å²) >= 11 is 2.48. The van der Waals surface area contributed by atoms with Gasteiger partial charge in [0.2, 0.25) is 0 Å². The summed E-state index contributed by atoms with van der Waals surface area (Å²) in [6.45, 7) is 10.9. The Kier molecular flexibility index (Phi) is 10.7. The van der Waals surface area contributed by atoms with Crippen molar-refractivity contribution >= 4 is 70.9 Å². The van der Waals surface area contributed by atoms with E-state index >= 15 is 0 Å². The molecule has 0 bridgehead atoms. The number of hydrogen-bond donors (Lipinski definition) is 0. The van der Waals surface area contributed by atoms with Crippen molar-refractivity contribution in [2.24, 2.45) is 0 Å². The molecule has 5 heterocycles. The van der Waals surface area contributed by atoms with E-state index in [1.54, 1.807) is 12.3 Å². The van der Waals surface area contributed by atoms with Crippen LogP contribution in [-0.4, -0.2) is 23.1 Å². The zero-order valence-corrected chi connectivity index (χ0v) is 48.5. The molecule has 0 aliphatic carbocycles. The van der Waals surface area contributed by atoms with Gasteiger partial charge in [0.05, 0.1) is 16.6 Å². The fourth-order valence-corrected chi connectivity index (χ4v) is 13.4. The third-order valence-electron chi connectivity index (χ3n) is 16.5. The maximum atomic E-state index is 8.97. The van der Waals surface area contributed by atoms with Gasteiger partial charge >= 0.3 is 320 Å².